The number of rotatable bonds is 3. The number of hydrogen-bond acceptors (Lipinski definition) is 6. The van der Waals surface area contributed by atoms with Gasteiger partial charge in [0, 0.05) is 18.8 Å². The van der Waals surface area contributed by atoms with Crippen molar-refractivity contribution in [1.29, 1.82) is 0 Å². The summed E-state index contributed by atoms with van der Waals surface area (Å²) >= 11 is 0. The summed E-state index contributed by atoms with van der Waals surface area (Å²) in [6.07, 6.45) is 8.65. The summed E-state index contributed by atoms with van der Waals surface area (Å²) in [6, 6.07) is 2.21. The molecule has 1 N–H and O–H groups in total. The van der Waals surface area contributed by atoms with E-state index in [0.717, 1.165) is 55.6 Å². The van der Waals surface area contributed by atoms with Gasteiger partial charge in [-0.15, -0.1) is 0 Å². The summed E-state index contributed by atoms with van der Waals surface area (Å²) in [5.74, 6) is 0.728. The zero-order chi connectivity index (χ0) is 15.9. The lowest BCUT2D eigenvalue weighted by atomic mass is 9.95. The number of anilines is 1. The minimum Gasteiger partial charge on any atom is -0.432 e. The number of nitrogens with zero attached hydrogens (tertiary/aromatic N) is 3. The van der Waals surface area contributed by atoms with E-state index in [1.807, 2.05) is 0 Å². The van der Waals surface area contributed by atoms with Crippen LogP contribution in [0, 0.1) is 0 Å². The molecule has 0 amide bonds. The molecule has 0 spiro atoms. The first-order valence-electron chi connectivity index (χ1n) is 8.80. The molecule has 3 aromatic rings. The van der Waals surface area contributed by atoms with Gasteiger partial charge >= 0.3 is 0 Å². The predicted molar refractivity (Wildman–Crippen MR) is 91.2 cm³/mol. The quantitative estimate of drug-likeness (QED) is 0.797. The van der Waals surface area contributed by atoms with Gasteiger partial charge in [-0.25, -0.2) is 15.0 Å². The number of aryl methyl sites for hydroxylation is 2. The van der Waals surface area contributed by atoms with E-state index in [4.69, 9.17) is 14.1 Å². The Morgan fingerprint density at radius 2 is 2.12 bits per heavy atom. The van der Waals surface area contributed by atoms with Crippen molar-refractivity contribution < 1.29 is 9.15 Å². The lowest BCUT2D eigenvalue weighted by Crippen LogP contribution is -2.19. The fourth-order valence-corrected chi connectivity index (χ4v) is 3.76. The number of pyridine rings is 1. The van der Waals surface area contributed by atoms with Crippen molar-refractivity contribution in [2.75, 3.05) is 18.5 Å². The highest BCUT2D eigenvalue weighted by atomic mass is 16.5. The highest BCUT2D eigenvalue weighted by Crippen LogP contribution is 2.32. The van der Waals surface area contributed by atoms with E-state index in [2.05, 4.69) is 21.4 Å². The Balaban J connectivity index is 1.56. The Labute approximate surface area is 139 Å². The molecule has 0 radical (unpaired) electrons. The van der Waals surface area contributed by atoms with Gasteiger partial charge in [0.25, 0.3) is 0 Å². The second kappa shape index (κ2) is 5.70. The number of furan rings is 1. The molecule has 2 aliphatic rings. The van der Waals surface area contributed by atoms with Crippen LogP contribution in [-0.2, 0) is 17.6 Å². The molecule has 0 bridgehead atoms. The van der Waals surface area contributed by atoms with E-state index >= 15 is 0 Å². The molecule has 24 heavy (non-hydrogen) atoms. The highest BCUT2D eigenvalue weighted by Gasteiger charge is 2.20. The summed E-state index contributed by atoms with van der Waals surface area (Å²) in [7, 11) is 0. The van der Waals surface area contributed by atoms with Crippen LogP contribution < -0.4 is 5.32 Å². The van der Waals surface area contributed by atoms with Gasteiger partial charge in [0.2, 0.25) is 5.71 Å². The molecule has 1 saturated heterocycles. The molecular formula is C18H20N4O2. The minimum absolute atomic E-state index is 0.254. The third kappa shape index (κ3) is 2.33. The zero-order valence-corrected chi connectivity index (χ0v) is 13.5. The van der Waals surface area contributed by atoms with Gasteiger partial charge in [0.05, 0.1) is 11.5 Å². The highest BCUT2D eigenvalue weighted by molar-refractivity contribution is 6.04. The SMILES string of the molecule is c1nc(NC[C@@H]2CCCO2)c2oc3nc4c(cc3c2n1)CCCC4. The Bertz CT molecular complexity index is 899. The summed E-state index contributed by atoms with van der Waals surface area (Å²) in [5, 5.41) is 4.36. The maximum Gasteiger partial charge on any atom is 0.229 e. The normalized spacial score (nSPS) is 20.6. The van der Waals surface area contributed by atoms with Crippen molar-refractivity contribution in [3.8, 4) is 0 Å². The molecule has 0 saturated carbocycles. The molecule has 0 aromatic carbocycles. The van der Waals surface area contributed by atoms with Crippen molar-refractivity contribution >= 4 is 28.0 Å². The topological polar surface area (TPSA) is 73.1 Å². The van der Waals surface area contributed by atoms with E-state index in [0.29, 0.717) is 11.3 Å². The van der Waals surface area contributed by atoms with E-state index in [9.17, 15) is 0 Å². The number of hydrogen-bond donors (Lipinski definition) is 1. The van der Waals surface area contributed by atoms with E-state index in [1.54, 1.807) is 6.33 Å². The van der Waals surface area contributed by atoms with Gasteiger partial charge in [-0.05, 0) is 50.2 Å². The Hall–Kier alpha value is -2.21. The van der Waals surface area contributed by atoms with E-state index < -0.39 is 0 Å². The van der Waals surface area contributed by atoms with Crippen LogP contribution in [0.5, 0.6) is 0 Å². The molecule has 1 aliphatic carbocycles. The van der Waals surface area contributed by atoms with Crippen LogP contribution in [0.1, 0.15) is 36.9 Å². The molecule has 124 valence electrons. The van der Waals surface area contributed by atoms with Gasteiger partial charge in [-0.2, -0.15) is 0 Å². The van der Waals surface area contributed by atoms with Gasteiger partial charge in [0.1, 0.15) is 11.8 Å². The second-order valence-electron chi connectivity index (χ2n) is 6.67. The lowest BCUT2D eigenvalue weighted by molar-refractivity contribution is 0.120. The summed E-state index contributed by atoms with van der Waals surface area (Å²) in [5.41, 5.74) is 4.72. The molecule has 1 atom stereocenters. The first kappa shape index (κ1) is 14.2. The molecule has 6 nitrogen and oxygen atoms in total. The number of ether oxygens (including phenoxy) is 1. The van der Waals surface area contributed by atoms with E-state index in [-0.39, 0.29) is 6.10 Å². The number of nitrogens with one attached hydrogen (secondary N) is 1. The summed E-state index contributed by atoms with van der Waals surface area (Å²) in [4.78, 5) is 13.5. The average molecular weight is 324 g/mol. The molecule has 1 fully saturated rings. The van der Waals surface area contributed by atoms with Crippen LogP contribution in [0.15, 0.2) is 16.8 Å². The molecule has 1 aliphatic heterocycles. The number of fused-ring (bicyclic) bond motifs is 4. The molecule has 3 aromatic heterocycles. The molecule has 4 heterocycles. The summed E-state index contributed by atoms with van der Waals surface area (Å²) < 4.78 is 11.7. The van der Waals surface area contributed by atoms with Gasteiger partial charge < -0.3 is 14.5 Å². The van der Waals surface area contributed by atoms with Crippen LogP contribution in [0.25, 0.3) is 22.2 Å². The Morgan fingerprint density at radius 3 is 3.04 bits per heavy atom. The molecule has 5 rings (SSSR count). The van der Waals surface area contributed by atoms with Crippen LogP contribution in [0.4, 0.5) is 5.82 Å². The maximum absolute atomic E-state index is 6.03. The van der Waals surface area contributed by atoms with Gasteiger partial charge in [-0.1, -0.05) is 0 Å². The maximum atomic E-state index is 6.03. The van der Waals surface area contributed by atoms with Crippen LogP contribution in [0.3, 0.4) is 0 Å². The Kier molecular flexibility index (Phi) is 3.36. The van der Waals surface area contributed by atoms with Crippen molar-refractivity contribution in [2.24, 2.45) is 0 Å². The monoisotopic (exact) mass is 324 g/mol. The molecule has 6 heteroatoms. The van der Waals surface area contributed by atoms with Crippen LogP contribution >= 0.6 is 0 Å². The third-order valence-electron chi connectivity index (χ3n) is 5.04. The number of aromatic nitrogens is 3. The molecule has 0 unspecified atom stereocenters. The fourth-order valence-electron chi connectivity index (χ4n) is 3.76. The van der Waals surface area contributed by atoms with Gasteiger partial charge in [-0.3, -0.25) is 0 Å². The lowest BCUT2D eigenvalue weighted by Gasteiger charge is -2.13. The smallest absolute Gasteiger partial charge is 0.229 e. The van der Waals surface area contributed by atoms with Crippen LogP contribution in [0.2, 0.25) is 0 Å². The minimum atomic E-state index is 0.254. The largest absolute Gasteiger partial charge is 0.432 e. The predicted octanol–water partition coefficient (Wildman–Crippen LogP) is 3.24. The second-order valence-corrected chi connectivity index (χ2v) is 6.67. The van der Waals surface area contributed by atoms with Crippen molar-refractivity contribution in [1.82, 2.24) is 15.0 Å². The van der Waals surface area contributed by atoms with Gasteiger partial charge in [0.15, 0.2) is 11.4 Å². The average Bonchev–Trinajstić information content (AvgIpc) is 3.25. The van der Waals surface area contributed by atoms with Crippen molar-refractivity contribution in [3.05, 3.63) is 23.7 Å². The molecular weight excluding hydrogens is 304 g/mol. The first-order valence-corrected chi connectivity index (χ1v) is 8.80. The first-order chi connectivity index (χ1) is 11.9. The standard InChI is InChI=1S/C18H20N4O2/c1-2-6-14-11(4-1)8-13-15-16(24-18(13)22-14)17(21-10-20-15)19-9-12-5-3-7-23-12/h8,10,12H,1-7,9H2,(H,19,20,21)/t12-/m0/s1. The van der Waals surface area contributed by atoms with Crippen molar-refractivity contribution in [3.63, 3.8) is 0 Å². The van der Waals surface area contributed by atoms with E-state index in [1.165, 1.54) is 24.1 Å². The fraction of sp³-hybridized carbons (Fsp3) is 0.500. The zero-order valence-electron chi connectivity index (χ0n) is 13.5. The van der Waals surface area contributed by atoms with Crippen molar-refractivity contribution in [2.45, 2.75) is 44.6 Å². The third-order valence-corrected chi connectivity index (χ3v) is 5.04. The summed E-state index contributed by atoms with van der Waals surface area (Å²) in [6.45, 7) is 1.60. The van der Waals surface area contributed by atoms with Crippen LogP contribution in [-0.4, -0.2) is 34.2 Å². The Morgan fingerprint density at radius 1 is 1.17 bits per heavy atom.